The van der Waals surface area contributed by atoms with Crippen LogP contribution in [0.4, 0.5) is 11.4 Å². The monoisotopic (exact) mass is 446 g/mol. The van der Waals surface area contributed by atoms with E-state index in [1.807, 2.05) is 0 Å². The van der Waals surface area contributed by atoms with Gasteiger partial charge in [0.25, 0.3) is 11.5 Å². The Labute approximate surface area is 181 Å². The van der Waals surface area contributed by atoms with Gasteiger partial charge in [-0.3, -0.25) is 14.4 Å². The molecule has 30 heavy (non-hydrogen) atoms. The highest BCUT2D eigenvalue weighted by Crippen LogP contribution is 2.24. The molecule has 0 bridgehead atoms. The van der Waals surface area contributed by atoms with Crippen molar-refractivity contribution < 1.29 is 14.3 Å². The maximum Gasteiger partial charge on any atom is 0.287 e. The minimum atomic E-state index is -0.664. The second-order valence-electron chi connectivity index (χ2n) is 6.05. The Hall–Kier alpha value is -3.36. The van der Waals surface area contributed by atoms with Gasteiger partial charge in [0.2, 0.25) is 5.91 Å². The summed E-state index contributed by atoms with van der Waals surface area (Å²) in [6.45, 7) is -0.342. The predicted molar refractivity (Wildman–Crippen MR) is 115 cm³/mol. The molecule has 1 heterocycles. The van der Waals surface area contributed by atoms with Crippen molar-refractivity contribution in [3.8, 4) is 5.75 Å². The standard InChI is InChI=1S/C20H16Cl2N4O4/c1-30-16-5-3-2-4-15(16)25-19(28)12-6-8-13(9-7-12)24-17(27)11-26-20(29)18(22)14(21)10-23-26/h2-10H,11H2,1H3,(H,24,27)(H,25,28). The first-order chi connectivity index (χ1) is 14.4. The number of nitrogens with one attached hydrogen (secondary N) is 2. The molecule has 0 unspecified atom stereocenters. The van der Waals surface area contributed by atoms with E-state index in [4.69, 9.17) is 27.9 Å². The Morgan fingerprint density at radius 3 is 2.47 bits per heavy atom. The second kappa shape index (κ2) is 9.43. The smallest absolute Gasteiger partial charge is 0.287 e. The molecule has 0 saturated carbocycles. The second-order valence-corrected chi connectivity index (χ2v) is 6.83. The van der Waals surface area contributed by atoms with Crippen LogP contribution in [-0.4, -0.2) is 28.7 Å². The lowest BCUT2D eigenvalue weighted by molar-refractivity contribution is -0.117. The van der Waals surface area contributed by atoms with Crippen molar-refractivity contribution in [2.75, 3.05) is 17.7 Å². The fraction of sp³-hybridized carbons (Fsp3) is 0.100. The lowest BCUT2D eigenvalue weighted by Gasteiger charge is -2.10. The average Bonchev–Trinajstić information content (AvgIpc) is 2.75. The molecule has 0 aliphatic carbocycles. The molecular formula is C20H16Cl2N4O4. The maximum absolute atomic E-state index is 12.4. The summed E-state index contributed by atoms with van der Waals surface area (Å²) in [5.74, 6) is -0.279. The van der Waals surface area contributed by atoms with E-state index in [1.54, 1.807) is 48.5 Å². The lowest BCUT2D eigenvalue weighted by atomic mass is 10.2. The largest absolute Gasteiger partial charge is 0.495 e. The zero-order valence-corrected chi connectivity index (χ0v) is 17.2. The first-order valence-electron chi connectivity index (χ1n) is 8.64. The molecule has 2 aromatic carbocycles. The summed E-state index contributed by atoms with van der Waals surface area (Å²) >= 11 is 11.5. The fourth-order valence-electron chi connectivity index (χ4n) is 2.54. The van der Waals surface area contributed by atoms with Gasteiger partial charge < -0.3 is 15.4 Å². The number of carbonyl (C=O) groups is 2. The van der Waals surface area contributed by atoms with Gasteiger partial charge in [0.15, 0.2) is 0 Å². The van der Waals surface area contributed by atoms with Crippen LogP contribution in [0.25, 0.3) is 0 Å². The number of amides is 2. The van der Waals surface area contributed by atoms with Crippen LogP contribution in [0.2, 0.25) is 10.0 Å². The molecule has 0 aliphatic heterocycles. The van der Waals surface area contributed by atoms with Gasteiger partial charge in [-0.15, -0.1) is 0 Å². The first kappa shape index (κ1) is 21.4. The third-order valence-corrected chi connectivity index (χ3v) is 4.77. The molecule has 0 aliphatic rings. The SMILES string of the molecule is COc1ccccc1NC(=O)c1ccc(NC(=O)Cn2ncc(Cl)c(Cl)c2=O)cc1. The van der Waals surface area contributed by atoms with Crippen molar-refractivity contribution in [3.05, 3.63) is 80.7 Å². The summed E-state index contributed by atoms with van der Waals surface area (Å²) in [7, 11) is 1.52. The van der Waals surface area contributed by atoms with Gasteiger partial charge in [-0.25, -0.2) is 4.68 Å². The van der Waals surface area contributed by atoms with Crippen molar-refractivity contribution in [2.45, 2.75) is 6.54 Å². The molecule has 8 nitrogen and oxygen atoms in total. The molecule has 10 heteroatoms. The molecule has 0 fully saturated rings. The van der Waals surface area contributed by atoms with Crippen molar-refractivity contribution in [1.29, 1.82) is 0 Å². The number of halogens is 2. The minimum Gasteiger partial charge on any atom is -0.495 e. The zero-order valence-electron chi connectivity index (χ0n) is 15.7. The Morgan fingerprint density at radius 2 is 1.77 bits per heavy atom. The zero-order chi connectivity index (χ0) is 21.7. The van der Waals surface area contributed by atoms with E-state index in [9.17, 15) is 14.4 Å². The number of rotatable bonds is 6. The van der Waals surface area contributed by atoms with Crippen molar-refractivity contribution in [1.82, 2.24) is 9.78 Å². The molecule has 0 atom stereocenters. The van der Waals surface area contributed by atoms with Gasteiger partial charge in [-0.1, -0.05) is 35.3 Å². The van der Waals surface area contributed by atoms with E-state index in [1.165, 1.54) is 13.3 Å². The van der Waals surface area contributed by atoms with Gasteiger partial charge in [0.1, 0.15) is 17.3 Å². The highest BCUT2D eigenvalue weighted by Gasteiger charge is 2.12. The number of anilines is 2. The summed E-state index contributed by atoms with van der Waals surface area (Å²) in [6.07, 6.45) is 1.19. The molecule has 1 aromatic heterocycles. The normalized spacial score (nSPS) is 10.4. The molecule has 154 valence electrons. The van der Waals surface area contributed by atoms with Gasteiger partial charge >= 0.3 is 0 Å². The number of carbonyl (C=O) groups excluding carboxylic acids is 2. The van der Waals surface area contributed by atoms with Crippen LogP contribution in [0.5, 0.6) is 5.75 Å². The van der Waals surface area contributed by atoms with Crippen molar-refractivity contribution in [3.63, 3.8) is 0 Å². The summed E-state index contributed by atoms with van der Waals surface area (Å²) in [4.78, 5) is 36.6. The Bertz CT molecular complexity index is 1150. The van der Waals surface area contributed by atoms with Gasteiger partial charge in [0, 0.05) is 11.3 Å². The Kier molecular flexibility index (Phi) is 6.71. The van der Waals surface area contributed by atoms with E-state index < -0.39 is 11.5 Å². The molecule has 2 N–H and O–H groups in total. The van der Waals surface area contributed by atoms with E-state index in [-0.39, 0.29) is 22.5 Å². The highest BCUT2D eigenvalue weighted by atomic mass is 35.5. The summed E-state index contributed by atoms with van der Waals surface area (Å²) in [5.41, 5.74) is 0.716. The van der Waals surface area contributed by atoms with Gasteiger partial charge in [-0.05, 0) is 36.4 Å². The minimum absolute atomic E-state index is 0.0142. The Balaban J connectivity index is 1.64. The predicted octanol–water partition coefficient (Wildman–Crippen LogP) is 3.45. The Morgan fingerprint density at radius 1 is 1.07 bits per heavy atom. The third-order valence-electron chi connectivity index (χ3n) is 4.02. The molecule has 0 spiro atoms. The van der Waals surface area contributed by atoms with E-state index in [2.05, 4.69) is 15.7 Å². The van der Waals surface area contributed by atoms with Crippen molar-refractivity contribution in [2.24, 2.45) is 0 Å². The highest BCUT2D eigenvalue weighted by molar-refractivity contribution is 6.41. The van der Waals surface area contributed by atoms with Gasteiger partial charge in [0.05, 0.1) is 24.0 Å². The lowest BCUT2D eigenvalue weighted by Crippen LogP contribution is -2.29. The van der Waals surface area contributed by atoms with E-state index >= 15 is 0 Å². The number of para-hydroxylation sites is 2. The molecule has 3 rings (SSSR count). The molecule has 2 amide bonds. The molecule has 0 radical (unpaired) electrons. The quantitative estimate of drug-likeness (QED) is 0.603. The van der Waals surface area contributed by atoms with Crippen LogP contribution < -0.4 is 20.9 Å². The summed E-state index contributed by atoms with van der Waals surface area (Å²) in [5, 5.41) is 8.97. The fourth-order valence-corrected chi connectivity index (χ4v) is 2.81. The average molecular weight is 447 g/mol. The molecular weight excluding hydrogens is 431 g/mol. The van der Waals surface area contributed by atoms with E-state index in [0.29, 0.717) is 22.7 Å². The van der Waals surface area contributed by atoms with Crippen LogP contribution >= 0.6 is 23.2 Å². The number of hydrogen-bond acceptors (Lipinski definition) is 5. The first-order valence-corrected chi connectivity index (χ1v) is 9.40. The van der Waals surface area contributed by atoms with Crippen molar-refractivity contribution >= 4 is 46.4 Å². The third kappa shape index (κ3) is 4.97. The number of hydrogen-bond donors (Lipinski definition) is 2. The molecule has 0 saturated heterocycles. The van der Waals surface area contributed by atoms with Gasteiger partial charge in [-0.2, -0.15) is 5.10 Å². The van der Waals surface area contributed by atoms with Crippen LogP contribution in [0.1, 0.15) is 10.4 Å². The van der Waals surface area contributed by atoms with Crippen LogP contribution in [0.15, 0.2) is 59.5 Å². The number of methoxy groups -OCH3 is 1. The van der Waals surface area contributed by atoms with Crippen LogP contribution in [0, 0.1) is 0 Å². The van der Waals surface area contributed by atoms with Crippen LogP contribution in [-0.2, 0) is 11.3 Å². The maximum atomic E-state index is 12.4. The van der Waals surface area contributed by atoms with E-state index in [0.717, 1.165) is 4.68 Å². The number of aromatic nitrogens is 2. The number of benzene rings is 2. The number of ether oxygens (including phenoxy) is 1. The summed E-state index contributed by atoms with van der Waals surface area (Å²) < 4.78 is 6.11. The van der Waals surface area contributed by atoms with Crippen LogP contribution in [0.3, 0.4) is 0 Å². The topological polar surface area (TPSA) is 102 Å². The number of nitrogens with zero attached hydrogens (tertiary/aromatic N) is 2. The molecule has 3 aromatic rings. The summed E-state index contributed by atoms with van der Waals surface area (Å²) in [6, 6.07) is 13.3.